The summed E-state index contributed by atoms with van der Waals surface area (Å²) in [4.78, 5) is 0. The van der Waals surface area contributed by atoms with Gasteiger partial charge in [-0.15, -0.1) is 0 Å². The molecule has 0 unspecified atom stereocenters. The largest absolute Gasteiger partial charge is 0.314 e. The van der Waals surface area contributed by atoms with Crippen molar-refractivity contribution in [2.75, 3.05) is 78.5 Å². The van der Waals surface area contributed by atoms with Crippen LogP contribution in [0.2, 0.25) is 0 Å². The van der Waals surface area contributed by atoms with Crippen LogP contribution in [0.3, 0.4) is 0 Å². The lowest BCUT2D eigenvalue weighted by molar-refractivity contribution is 0.534. The molecule has 1 fully saturated rings. The lowest BCUT2D eigenvalue weighted by Gasteiger charge is -2.11. The number of thiol groups is 2. The van der Waals surface area contributed by atoms with Crippen molar-refractivity contribution >= 4 is 33.1 Å². The fraction of sp³-hybridized carbons (Fsp3) is 1.00. The Hall–Kier alpha value is 0.810. The van der Waals surface area contributed by atoms with Crippen molar-refractivity contribution in [3.8, 4) is 0 Å². The van der Waals surface area contributed by atoms with E-state index in [0.29, 0.717) is 0 Å². The molecule has 6 N–H and O–H groups in total. The lowest BCUT2D eigenvalue weighted by Crippen LogP contribution is -2.39. The number of hydrogen-bond acceptors (Lipinski definition) is 9. The summed E-state index contributed by atoms with van der Waals surface area (Å²) in [7, 11) is 1.14. The molecule has 0 saturated carbocycles. The summed E-state index contributed by atoms with van der Waals surface area (Å²) in [6, 6.07) is 0. The predicted molar refractivity (Wildman–Crippen MR) is 103 cm³/mol. The summed E-state index contributed by atoms with van der Waals surface area (Å²) in [5.74, 6) is 0. The Morgan fingerprint density at radius 2 is 0.476 bits per heavy atom. The van der Waals surface area contributed by atoms with Gasteiger partial charge in [0.05, 0.1) is 0 Å². The van der Waals surface area contributed by atoms with E-state index >= 15 is 0 Å². The third-order valence-corrected chi connectivity index (χ3v) is 2.87. The first-order valence-electron chi connectivity index (χ1n) is 7.61. The molecule has 0 radical (unpaired) electrons. The van der Waals surface area contributed by atoms with E-state index in [1.807, 2.05) is 0 Å². The topological polar surface area (TPSA) is 72.2 Å². The van der Waals surface area contributed by atoms with E-state index in [9.17, 15) is 0 Å². The smallest absolute Gasteiger partial charge is 0.00772 e. The van der Waals surface area contributed by atoms with Gasteiger partial charge in [-0.05, 0) is 9.83 Å². The zero-order valence-electron chi connectivity index (χ0n) is 12.8. The van der Waals surface area contributed by atoms with Crippen molar-refractivity contribution in [2.45, 2.75) is 0 Å². The van der Waals surface area contributed by atoms with Crippen LogP contribution in [0.15, 0.2) is 0 Å². The highest BCUT2D eigenvalue weighted by Gasteiger charge is 1.92. The van der Waals surface area contributed by atoms with Gasteiger partial charge in [0.25, 0.3) is 0 Å². The first-order chi connectivity index (χ1) is 10.4. The lowest BCUT2D eigenvalue weighted by atomic mass is 10.4. The molecule has 1 saturated heterocycles. The van der Waals surface area contributed by atoms with Gasteiger partial charge in [0.2, 0.25) is 0 Å². The first-order valence-corrected chi connectivity index (χ1v) is 10.5. The highest BCUT2D eigenvalue weighted by Crippen LogP contribution is 2.06. The molecule has 0 aliphatic carbocycles. The van der Waals surface area contributed by atoms with Gasteiger partial charge in [-0.2, -0.15) is 0 Å². The molecule has 21 heavy (non-hydrogen) atoms. The molecule has 0 amide bonds. The molecule has 0 spiro atoms. The van der Waals surface area contributed by atoms with Gasteiger partial charge < -0.3 is 31.9 Å². The summed E-state index contributed by atoms with van der Waals surface area (Å²) >= 11 is 7.14. The van der Waals surface area contributed by atoms with E-state index in [-0.39, 0.29) is 0 Å². The predicted octanol–water partition coefficient (Wildman–Crippen LogP) is -1.05. The monoisotopic (exact) mass is 356 g/mol. The zero-order chi connectivity index (χ0) is 15.4. The van der Waals surface area contributed by atoms with Gasteiger partial charge >= 0.3 is 0 Å². The molecular weight excluding hydrogens is 324 g/mol. The minimum atomic E-state index is 1.04. The van der Waals surface area contributed by atoms with Crippen molar-refractivity contribution < 1.29 is 0 Å². The van der Waals surface area contributed by atoms with Gasteiger partial charge in [0.15, 0.2) is 0 Å². The minimum Gasteiger partial charge on any atom is -0.314 e. The maximum absolute atomic E-state index is 3.57. The van der Waals surface area contributed by atoms with E-state index in [1.54, 1.807) is 0 Å². The zero-order valence-corrected chi connectivity index (χ0v) is 15.4. The fourth-order valence-electron chi connectivity index (χ4n) is 1.81. The SMILES string of the molecule is C1CNCCNCCNCCNCCNCCN1.SSS. The third kappa shape index (κ3) is 20.8. The molecule has 0 aromatic heterocycles. The second kappa shape index (κ2) is 20.8. The van der Waals surface area contributed by atoms with Crippen molar-refractivity contribution in [1.82, 2.24) is 31.9 Å². The average molecular weight is 357 g/mol. The Bertz CT molecular complexity index is 115. The summed E-state index contributed by atoms with van der Waals surface area (Å²) in [6.45, 7) is 12.5. The van der Waals surface area contributed by atoms with Gasteiger partial charge in [-0.3, -0.25) is 0 Å². The molecule has 1 aliphatic heterocycles. The van der Waals surface area contributed by atoms with Crippen molar-refractivity contribution in [3.63, 3.8) is 0 Å². The first kappa shape index (κ1) is 21.8. The van der Waals surface area contributed by atoms with Crippen LogP contribution in [0.5, 0.6) is 0 Å². The van der Waals surface area contributed by atoms with E-state index < -0.39 is 0 Å². The van der Waals surface area contributed by atoms with Crippen LogP contribution in [-0.4, -0.2) is 78.5 Å². The summed E-state index contributed by atoms with van der Waals surface area (Å²) in [5.41, 5.74) is 0. The van der Waals surface area contributed by atoms with Gasteiger partial charge in [-0.1, -0.05) is 23.3 Å². The van der Waals surface area contributed by atoms with Crippen LogP contribution in [0.4, 0.5) is 0 Å². The second-order valence-corrected chi connectivity index (χ2v) is 6.70. The maximum atomic E-state index is 3.57. The van der Waals surface area contributed by atoms with Crippen LogP contribution in [0, 0.1) is 0 Å². The molecule has 128 valence electrons. The Balaban J connectivity index is 0.00000122. The molecule has 0 bridgehead atoms. The van der Waals surface area contributed by atoms with Crippen LogP contribution in [0.25, 0.3) is 0 Å². The van der Waals surface area contributed by atoms with Crippen molar-refractivity contribution in [1.29, 1.82) is 0 Å². The summed E-state index contributed by atoms with van der Waals surface area (Å²) in [5, 5.41) is 20.5. The third-order valence-electron chi connectivity index (χ3n) is 2.87. The Morgan fingerprint density at radius 1 is 0.381 bits per heavy atom. The maximum Gasteiger partial charge on any atom is 0.00772 e. The van der Waals surface area contributed by atoms with Gasteiger partial charge in [-0.25, -0.2) is 0 Å². The summed E-state index contributed by atoms with van der Waals surface area (Å²) in [6.07, 6.45) is 0. The molecule has 6 nitrogen and oxygen atoms in total. The van der Waals surface area contributed by atoms with E-state index in [0.717, 1.165) is 88.4 Å². The Labute approximate surface area is 143 Å². The van der Waals surface area contributed by atoms with Crippen molar-refractivity contribution in [2.24, 2.45) is 0 Å². The molecule has 1 heterocycles. The minimum absolute atomic E-state index is 1.04. The molecule has 0 atom stereocenters. The number of hydrogen-bond donors (Lipinski definition) is 8. The highest BCUT2D eigenvalue weighted by atomic mass is 33.5. The van der Waals surface area contributed by atoms with E-state index in [2.05, 4.69) is 55.2 Å². The normalized spacial score (nSPS) is 21.4. The standard InChI is InChI=1S/C12H30N6.H2S3/c1-2-14-5-6-16-9-10-18-12-11-17-8-7-15-4-3-13-1;1-3-2/h13-18H,1-12H2;1-2H. The molecule has 1 rings (SSSR count). The van der Waals surface area contributed by atoms with Crippen LogP contribution in [-0.2, 0) is 0 Å². The second-order valence-electron chi connectivity index (χ2n) is 4.58. The van der Waals surface area contributed by atoms with Crippen LogP contribution in [0.1, 0.15) is 0 Å². The Morgan fingerprint density at radius 3 is 0.571 bits per heavy atom. The molecule has 0 aromatic rings. The quantitative estimate of drug-likeness (QED) is 0.208. The average Bonchev–Trinajstić information content (AvgIpc) is 2.48. The van der Waals surface area contributed by atoms with Crippen LogP contribution >= 0.6 is 33.1 Å². The summed E-state index contributed by atoms with van der Waals surface area (Å²) < 4.78 is 0. The number of rotatable bonds is 0. The molecule has 1 aliphatic rings. The van der Waals surface area contributed by atoms with Crippen molar-refractivity contribution in [3.05, 3.63) is 0 Å². The van der Waals surface area contributed by atoms with Crippen LogP contribution < -0.4 is 31.9 Å². The van der Waals surface area contributed by atoms with Gasteiger partial charge in [0, 0.05) is 78.5 Å². The van der Waals surface area contributed by atoms with E-state index in [4.69, 9.17) is 0 Å². The number of nitrogens with one attached hydrogen (secondary N) is 6. The highest BCUT2D eigenvalue weighted by molar-refractivity contribution is 9.01. The molecule has 0 aromatic carbocycles. The van der Waals surface area contributed by atoms with Gasteiger partial charge in [0.1, 0.15) is 0 Å². The fourth-order valence-corrected chi connectivity index (χ4v) is 1.81. The molecular formula is C12H32N6S3. The van der Waals surface area contributed by atoms with E-state index in [1.165, 1.54) is 0 Å². The molecule has 9 heteroatoms. The Kier molecular flexibility index (Phi) is 21.6.